The van der Waals surface area contributed by atoms with E-state index in [0.29, 0.717) is 63.3 Å². The molecule has 1 fully saturated rings. The van der Waals surface area contributed by atoms with E-state index in [1.54, 1.807) is 29.7 Å². The summed E-state index contributed by atoms with van der Waals surface area (Å²) in [5, 5.41) is 6.78. The summed E-state index contributed by atoms with van der Waals surface area (Å²) in [4.78, 5) is 54.0. The molecule has 1 N–H and O–H groups in total. The third-order valence-electron chi connectivity index (χ3n) is 6.74. The molecular weight excluding hydrogens is 504 g/mol. The number of piperidine rings is 1. The Labute approximate surface area is 230 Å². The monoisotopic (exact) mass is 546 g/mol. The minimum atomic E-state index is -0.692. The molecule has 39 heavy (non-hydrogen) atoms. The fourth-order valence-corrected chi connectivity index (χ4v) is 4.72. The average molecular weight is 547 g/mol. The predicted molar refractivity (Wildman–Crippen MR) is 142 cm³/mol. The first-order valence-corrected chi connectivity index (χ1v) is 13.8. The van der Waals surface area contributed by atoms with Crippen molar-refractivity contribution in [3.05, 3.63) is 29.2 Å². The largest absolute Gasteiger partial charge is 0.466 e. The van der Waals surface area contributed by atoms with Crippen molar-refractivity contribution in [1.29, 1.82) is 0 Å². The molecule has 2 aliphatic heterocycles. The van der Waals surface area contributed by atoms with Gasteiger partial charge in [-0.2, -0.15) is 0 Å². The topological polar surface area (TPSA) is 131 Å². The van der Waals surface area contributed by atoms with Crippen molar-refractivity contribution in [1.82, 2.24) is 20.3 Å². The molecule has 1 saturated heterocycles. The van der Waals surface area contributed by atoms with Crippen LogP contribution in [-0.4, -0.2) is 77.2 Å². The van der Waals surface area contributed by atoms with Crippen LogP contribution in [0.15, 0.2) is 22.2 Å². The molecule has 1 aromatic heterocycles. The Kier molecular flexibility index (Phi) is 10.5. The van der Waals surface area contributed by atoms with E-state index < -0.39 is 17.6 Å². The second-order valence-electron chi connectivity index (χ2n) is 11.2. The van der Waals surface area contributed by atoms with Crippen molar-refractivity contribution in [2.75, 3.05) is 32.8 Å². The van der Waals surface area contributed by atoms with Crippen LogP contribution in [0, 0.1) is 12.8 Å². The van der Waals surface area contributed by atoms with E-state index in [-0.39, 0.29) is 36.9 Å². The minimum Gasteiger partial charge on any atom is -0.466 e. The highest BCUT2D eigenvalue weighted by Crippen LogP contribution is 2.24. The van der Waals surface area contributed by atoms with Gasteiger partial charge in [0.05, 0.1) is 24.6 Å². The van der Waals surface area contributed by atoms with Crippen LogP contribution < -0.4 is 5.32 Å². The first-order chi connectivity index (χ1) is 18.4. The SMILES string of the molecule is CCOC(=O)C[C@H](NC(=O)[C@@H]1CCCN(C(=O)CCC2=CCN(C(=O)OC(C)(C)C)CC2)C1)c1cc(C)no1. The lowest BCUT2D eigenvalue weighted by Gasteiger charge is -2.33. The van der Waals surface area contributed by atoms with Gasteiger partial charge in [-0.15, -0.1) is 0 Å². The van der Waals surface area contributed by atoms with Gasteiger partial charge in [-0.1, -0.05) is 16.8 Å². The molecule has 0 spiro atoms. The molecule has 0 bridgehead atoms. The smallest absolute Gasteiger partial charge is 0.410 e. The number of esters is 1. The maximum absolute atomic E-state index is 13.2. The molecule has 216 valence electrons. The Morgan fingerprint density at radius 3 is 2.59 bits per heavy atom. The van der Waals surface area contributed by atoms with Crippen LogP contribution in [0.4, 0.5) is 4.79 Å². The van der Waals surface area contributed by atoms with E-state index in [4.69, 9.17) is 14.0 Å². The fourth-order valence-electron chi connectivity index (χ4n) is 4.72. The number of ether oxygens (including phenoxy) is 2. The molecule has 3 heterocycles. The molecular formula is C28H42N4O7. The van der Waals surface area contributed by atoms with Gasteiger partial charge in [0.15, 0.2) is 5.76 Å². The number of nitrogens with zero attached hydrogens (tertiary/aromatic N) is 3. The van der Waals surface area contributed by atoms with Gasteiger partial charge in [0, 0.05) is 38.7 Å². The molecule has 11 nitrogen and oxygen atoms in total. The third-order valence-corrected chi connectivity index (χ3v) is 6.74. The van der Waals surface area contributed by atoms with Crippen molar-refractivity contribution in [3.8, 4) is 0 Å². The van der Waals surface area contributed by atoms with Gasteiger partial charge in [-0.05, 0) is 60.3 Å². The quantitative estimate of drug-likeness (QED) is 0.367. The Hall–Kier alpha value is -3.37. The zero-order valence-corrected chi connectivity index (χ0v) is 23.8. The molecule has 0 aromatic carbocycles. The van der Waals surface area contributed by atoms with E-state index in [9.17, 15) is 19.2 Å². The predicted octanol–water partition coefficient (Wildman–Crippen LogP) is 3.68. The summed E-state index contributed by atoms with van der Waals surface area (Å²) in [6, 6.07) is 0.996. The number of hydrogen-bond donors (Lipinski definition) is 1. The summed E-state index contributed by atoms with van der Waals surface area (Å²) in [6.07, 6.45) is 4.68. The lowest BCUT2D eigenvalue weighted by molar-refractivity contribution is -0.144. The molecule has 3 amide bonds. The lowest BCUT2D eigenvalue weighted by atomic mass is 9.95. The van der Waals surface area contributed by atoms with Crippen LogP contribution in [0.5, 0.6) is 0 Å². The number of likely N-dealkylation sites (tertiary alicyclic amines) is 1. The standard InChI is InChI=1S/C28H42N4O7/c1-6-37-25(34)17-22(23-16-19(2)30-39-23)29-26(35)21-8-7-13-32(18-21)24(33)10-9-20-11-14-31(15-12-20)27(36)38-28(3,4)5/h11,16,21-22H,6-10,12-15,17-18H2,1-5H3,(H,29,35)/t21-,22+/m1/s1. The number of hydrogen-bond acceptors (Lipinski definition) is 8. The lowest BCUT2D eigenvalue weighted by Crippen LogP contribution is -2.46. The van der Waals surface area contributed by atoms with Crippen LogP contribution in [0.1, 0.15) is 83.7 Å². The molecule has 0 saturated carbocycles. The molecule has 11 heteroatoms. The molecule has 2 atom stereocenters. The fraction of sp³-hybridized carbons (Fsp3) is 0.679. The number of carbonyl (C=O) groups excluding carboxylic acids is 4. The highest BCUT2D eigenvalue weighted by atomic mass is 16.6. The van der Waals surface area contributed by atoms with Crippen molar-refractivity contribution >= 4 is 23.9 Å². The molecule has 0 radical (unpaired) electrons. The number of carbonyl (C=O) groups is 4. The Balaban J connectivity index is 1.50. The van der Waals surface area contributed by atoms with Crippen LogP contribution >= 0.6 is 0 Å². The highest BCUT2D eigenvalue weighted by Gasteiger charge is 2.32. The van der Waals surface area contributed by atoms with Gasteiger partial charge in [-0.25, -0.2) is 4.79 Å². The number of aromatic nitrogens is 1. The van der Waals surface area contributed by atoms with Crippen molar-refractivity contribution in [3.63, 3.8) is 0 Å². The molecule has 3 rings (SSSR count). The first kappa shape index (κ1) is 30.2. The van der Waals surface area contributed by atoms with Gasteiger partial charge >= 0.3 is 12.1 Å². The summed E-state index contributed by atoms with van der Waals surface area (Å²) in [5.41, 5.74) is 1.26. The third kappa shape index (κ3) is 9.40. The summed E-state index contributed by atoms with van der Waals surface area (Å²) in [7, 11) is 0. The second-order valence-corrected chi connectivity index (χ2v) is 11.2. The highest BCUT2D eigenvalue weighted by molar-refractivity contribution is 5.82. The summed E-state index contributed by atoms with van der Waals surface area (Å²) in [6.45, 7) is 11.2. The average Bonchev–Trinajstić information content (AvgIpc) is 3.32. The van der Waals surface area contributed by atoms with Gasteiger partial charge in [-0.3, -0.25) is 14.4 Å². The molecule has 1 aromatic rings. The maximum Gasteiger partial charge on any atom is 0.410 e. The van der Waals surface area contributed by atoms with Gasteiger partial charge in [0.2, 0.25) is 11.8 Å². The van der Waals surface area contributed by atoms with E-state index in [1.807, 2.05) is 26.8 Å². The minimum absolute atomic E-state index is 0.0110. The van der Waals surface area contributed by atoms with Crippen molar-refractivity contribution in [2.45, 2.75) is 84.8 Å². The number of aryl methyl sites for hydroxylation is 1. The number of nitrogens with one attached hydrogen (secondary N) is 1. The zero-order chi connectivity index (χ0) is 28.6. The first-order valence-electron chi connectivity index (χ1n) is 13.8. The van der Waals surface area contributed by atoms with Crippen LogP contribution in [0.25, 0.3) is 0 Å². The van der Waals surface area contributed by atoms with E-state index >= 15 is 0 Å². The number of rotatable bonds is 9. The van der Waals surface area contributed by atoms with Crippen molar-refractivity contribution < 1.29 is 33.2 Å². The van der Waals surface area contributed by atoms with E-state index in [1.165, 1.54) is 0 Å². The normalized spacial score (nSPS) is 18.7. The van der Waals surface area contributed by atoms with E-state index in [2.05, 4.69) is 10.5 Å². The summed E-state index contributed by atoms with van der Waals surface area (Å²) < 4.78 is 15.8. The van der Waals surface area contributed by atoms with Gasteiger partial charge in [0.1, 0.15) is 11.6 Å². The zero-order valence-electron chi connectivity index (χ0n) is 23.8. The Morgan fingerprint density at radius 1 is 1.21 bits per heavy atom. The number of amides is 3. The molecule has 0 unspecified atom stereocenters. The van der Waals surface area contributed by atoms with Crippen molar-refractivity contribution in [2.24, 2.45) is 5.92 Å². The second kappa shape index (κ2) is 13.6. The Bertz CT molecular complexity index is 1060. The molecule has 0 aliphatic carbocycles. The van der Waals surface area contributed by atoms with Gasteiger partial charge in [0.25, 0.3) is 0 Å². The maximum atomic E-state index is 13.2. The van der Waals surface area contributed by atoms with Crippen LogP contribution in [0.3, 0.4) is 0 Å². The van der Waals surface area contributed by atoms with Crippen LogP contribution in [-0.2, 0) is 23.9 Å². The summed E-state index contributed by atoms with van der Waals surface area (Å²) >= 11 is 0. The Morgan fingerprint density at radius 2 is 1.97 bits per heavy atom. The molecule has 2 aliphatic rings. The van der Waals surface area contributed by atoms with E-state index in [0.717, 1.165) is 12.0 Å². The van der Waals surface area contributed by atoms with Crippen LogP contribution in [0.2, 0.25) is 0 Å². The van der Waals surface area contributed by atoms with Gasteiger partial charge < -0.3 is 29.1 Å². The summed E-state index contributed by atoms with van der Waals surface area (Å²) in [5.74, 6) is -0.648.